The summed E-state index contributed by atoms with van der Waals surface area (Å²) < 4.78 is 4.03. The number of carbonyl (C=O) groups is 1. The van der Waals surface area contributed by atoms with Crippen LogP contribution in [0.15, 0.2) is 24.5 Å². The van der Waals surface area contributed by atoms with E-state index >= 15 is 0 Å². The van der Waals surface area contributed by atoms with Gasteiger partial charge in [-0.15, -0.1) is 0 Å². The summed E-state index contributed by atoms with van der Waals surface area (Å²) in [7, 11) is 0. The molecular weight excluding hydrogens is 202 g/mol. The number of rotatable bonds is 4. The van der Waals surface area contributed by atoms with E-state index in [9.17, 15) is 4.79 Å². The summed E-state index contributed by atoms with van der Waals surface area (Å²) in [4.78, 5) is 10.8. The van der Waals surface area contributed by atoms with Gasteiger partial charge in [0.05, 0.1) is 6.54 Å². The second-order valence-corrected chi connectivity index (χ2v) is 3.87. The summed E-state index contributed by atoms with van der Waals surface area (Å²) in [6, 6.07) is 3.83. The first-order valence-electron chi connectivity index (χ1n) is 5.31. The predicted octanol–water partition coefficient (Wildman–Crippen LogP) is 1.81. The van der Waals surface area contributed by atoms with Crippen LogP contribution in [0.2, 0.25) is 0 Å². The molecule has 0 aromatic carbocycles. The lowest BCUT2D eigenvalue weighted by Gasteiger charge is -2.09. The molecule has 0 saturated carbocycles. The van der Waals surface area contributed by atoms with Gasteiger partial charge in [-0.3, -0.25) is 9.48 Å². The zero-order valence-corrected chi connectivity index (χ0v) is 9.55. The molecular formula is C12H15N3O. The number of aromatic nitrogens is 3. The highest BCUT2D eigenvalue weighted by Gasteiger charge is 2.07. The Morgan fingerprint density at radius 1 is 1.38 bits per heavy atom. The van der Waals surface area contributed by atoms with Crippen LogP contribution in [0, 0.1) is 13.8 Å². The van der Waals surface area contributed by atoms with Crippen molar-refractivity contribution in [2.75, 3.05) is 0 Å². The lowest BCUT2D eigenvalue weighted by Crippen LogP contribution is -2.10. The topological polar surface area (TPSA) is 39.8 Å². The molecule has 16 heavy (non-hydrogen) atoms. The third-order valence-electron chi connectivity index (χ3n) is 2.85. The molecule has 0 fully saturated rings. The fourth-order valence-electron chi connectivity index (χ4n) is 1.93. The molecule has 0 aliphatic carbocycles. The molecule has 0 radical (unpaired) electrons. The van der Waals surface area contributed by atoms with E-state index in [0.717, 1.165) is 36.3 Å². The molecule has 84 valence electrons. The number of nitrogens with zero attached hydrogens (tertiary/aromatic N) is 3. The first kappa shape index (κ1) is 10.7. The minimum absolute atomic E-state index is 0.776. The summed E-state index contributed by atoms with van der Waals surface area (Å²) in [6.07, 6.45) is 4.62. The monoisotopic (exact) mass is 217 g/mol. The van der Waals surface area contributed by atoms with Crippen LogP contribution in [0.3, 0.4) is 0 Å². The van der Waals surface area contributed by atoms with Crippen LogP contribution in [0.1, 0.15) is 21.7 Å². The molecule has 2 aromatic heterocycles. The Morgan fingerprint density at radius 2 is 2.19 bits per heavy atom. The zero-order chi connectivity index (χ0) is 11.5. The van der Waals surface area contributed by atoms with Gasteiger partial charge in [-0.2, -0.15) is 5.10 Å². The number of aryl methyl sites for hydroxylation is 2. The number of hydrogen-bond donors (Lipinski definition) is 0. The Morgan fingerprint density at radius 3 is 2.75 bits per heavy atom. The van der Waals surface area contributed by atoms with E-state index < -0.39 is 0 Å². The van der Waals surface area contributed by atoms with Gasteiger partial charge in [0, 0.05) is 35.9 Å². The van der Waals surface area contributed by atoms with Crippen molar-refractivity contribution >= 4 is 6.29 Å². The van der Waals surface area contributed by atoms with Crippen molar-refractivity contribution in [2.24, 2.45) is 0 Å². The Kier molecular flexibility index (Phi) is 2.90. The van der Waals surface area contributed by atoms with E-state index in [0.29, 0.717) is 0 Å². The van der Waals surface area contributed by atoms with Crippen LogP contribution in [-0.2, 0) is 13.1 Å². The maximum Gasteiger partial charge on any atom is 0.151 e. The van der Waals surface area contributed by atoms with Crippen molar-refractivity contribution in [2.45, 2.75) is 26.9 Å². The van der Waals surface area contributed by atoms with Crippen LogP contribution in [0.25, 0.3) is 0 Å². The average Bonchev–Trinajstić information content (AvgIpc) is 2.86. The lowest BCUT2D eigenvalue weighted by atomic mass is 10.3. The van der Waals surface area contributed by atoms with Crippen LogP contribution in [-0.4, -0.2) is 20.6 Å². The predicted molar refractivity (Wildman–Crippen MR) is 61.5 cm³/mol. The second kappa shape index (κ2) is 4.35. The van der Waals surface area contributed by atoms with Gasteiger partial charge in [-0.25, -0.2) is 0 Å². The van der Waals surface area contributed by atoms with Gasteiger partial charge in [0.15, 0.2) is 6.29 Å². The SMILES string of the molecule is Cc1cc(C=O)c(C)n1CCn1cccn1. The Bertz CT molecular complexity index is 483. The molecule has 0 saturated heterocycles. The molecule has 0 amide bonds. The van der Waals surface area contributed by atoms with Gasteiger partial charge in [0.2, 0.25) is 0 Å². The first-order valence-corrected chi connectivity index (χ1v) is 5.31. The van der Waals surface area contributed by atoms with Crippen LogP contribution < -0.4 is 0 Å². The molecule has 4 nitrogen and oxygen atoms in total. The Balaban J connectivity index is 2.15. The maximum absolute atomic E-state index is 10.8. The quantitative estimate of drug-likeness (QED) is 0.733. The normalized spacial score (nSPS) is 10.6. The second-order valence-electron chi connectivity index (χ2n) is 3.87. The fourth-order valence-corrected chi connectivity index (χ4v) is 1.93. The van der Waals surface area contributed by atoms with E-state index in [2.05, 4.69) is 9.67 Å². The molecule has 2 rings (SSSR count). The Hall–Kier alpha value is -1.84. The van der Waals surface area contributed by atoms with Crippen LogP contribution in [0.4, 0.5) is 0 Å². The standard InChI is InChI=1S/C12H15N3O/c1-10-8-12(9-16)11(2)15(10)7-6-14-5-3-4-13-14/h3-5,8-9H,6-7H2,1-2H3. The minimum Gasteiger partial charge on any atom is -0.347 e. The van der Waals surface area contributed by atoms with Gasteiger partial charge in [0.1, 0.15) is 0 Å². The Labute approximate surface area is 94.5 Å². The maximum atomic E-state index is 10.8. The summed E-state index contributed by atoms with van der Waals surface area (Å²) in [5.41, 5.74) is 2.92. The highest BCUT2D eigenvalue weighted by Crippen LogP contribution is 2.13. The van der Waals surface area contributed by atoms with Crippen molar-refractivity contribution in [3.05, 3.63) is 41.5 Å². The van der Waals surface area contributed by atoms with Gasteiger partial charge < -0.3 is 4.57 Å². The molecule has 0 bridgehead atoms. The van der Waals surface area contributed by atoms with Gasteiger partial charge in [-0.05, 0) is 26.0 Å². The van der Waals surface area contributed by atoms with Gasteiger partial charge >= 0.3 is 0 Å². The summed E-state index contributed by atoms with van der Waals surface area (Å²) in [5, 5.41) is 4.15. The molecule has 0 atom stereocenters. The number of aldehydes is 1. The van der Waals surface area contributed by atoms with Gasteiger partial charge in [0.25, 0.3) is 0 Å². The molecule has 0 aliphatic heterocycles. The van der Waals surface area contributed by atoms with Crippen molar-refractivity contribution in [1.82, 2.24) is 14.3 Å². The third-order valence-corrected chi connectivity index (χ3v) is 2.85. The molecule has 2 aromatic rings. The molecule has 0 aliphatic rings. The molecule has 4 heteroatoms. The lowest BCUT2D eigenvalue weighted by molar-refractivity contribution is 0.112. The van der Waals surface area contributed by atoms with Crippen molar-refractivity contribution in [3.63, 3.8) is 0 Å². The fraction of sp³-hybridized carbons (Fsp3) is 0.333. The molecule has 2 heterocycles. The van der Waals surface area contributed by atoms with Crippen molar-refractivity contribution in [3.8, 4) is 0 Å². The van der Waals surface area contributed by atoms with E-state index in [1.54, 1.807) is 6.20 Å². The summed E-state index contributed by atoms with van der Waals surface area (Å²) in [5.74, 6) is 0. The van der Waals surface area contributed by atoms with Gasteiger partial charge in [-0.1, -0.05) is 0 Å². The summed E-state index contributed by atoms with van der Waals surface area (Å²) >= 11 is 0. The van der Waals surface area contributed by atoms with Crippen molar-refractivity contribution in [1.29, 1.82) is 0 Å². The van der Waals surface area contributed by atoms with E-state index in [4.69, 9.17) is 0 Å². The van der Waals surface area contributed by atoms with Crippen LogP contribution in [0.5, 0.6) is 0 Å². The molecule has 0 unspecified atom stereocenters. The zero-order valence-electron chi connectivity index (χ0n) is 9.55. The average molecular weight is 217 g/mol. The highest BCUT2D eigenvalue weighted by molar-refractivity contribution is 5.77. The largest absolute Gasteiger partial charge is 0.347 e. The van der Waals surface area contributed by atoms with Crippen LogP contribution >= 0.6 is 0 Å². The van der Waals surface area contributed by atoms with E-state index in [1.165, 1.54) is 0 Å². The minimum atomic E-state index is 0.776. The first-order chi connectivity index (χ1) is 7.72. The number of carbonyl (C=O) groups excluding carboxylic acids is 1. The smallest absolute Gasteiger partial charge is 0.151 e. The third kappa shape index (κ3) is 1.91. The molecule has 0 N–H and O–H groups in total. The van der Waals surface area contributed by atoms with E-state index in [1.807, 2.05) is 36.9 Å². The van der Waals surface area contributed by atoms with E-state index in [-0.39, 0.29) is 0 Å². The highest BCUT2D eigenvalue weighted by atomic mass is 16.1. The molecule has 0 spiro atoms. The number of hydrogen-bond acceptors (Lipinski definition) is 2. The van der Waals surface area contributed by atoms with Crippen molar-refractivity contribution < 1.29 is 4.79 Å². The summed E-state index contributed by atoms with van der Waals surface area (Å²) in [6.45, 7) is 5.65.